The molecule has 0 spiro atoms. The van der Waals surface area contributed by atoms with Crippen molar-refractivity contribution in [3.05, 3.63) is 30.1 Å². The fraction of sp³-hybridized carbons (Fsp3) is 0.357. The monoisotopic (exact) mass is 273 g/mol. The van der Waals surface area contributed by atoms with Crippen LogP contribution in [0.5, 0.6) is 5.75 Å². The first kappa shape index (κ1) is 12.7. The normalized spacial score (nSPS) is 17.6. The number of hydrogen-bond donors (Lipinski definition) is 1. The number of hydrogen-bond acceptors (Lipinski definition) is 5. The molecule has 1 atom stereocenters. The molecule has 0 saturated heterocycles. The summed E-state index contributed by atoms with van der Waals surface area (Å²) < 4.78 is 6.57. The molecule has 6 heteroatoms. The van der Waals surface area contributed by atoms with Gasteiger partial charge in [-0.3, -0.25) is 4.79 Å². The van der Waals surface area contributed by atoms with Gasteiger partial charge in [0.25, 0.3) is 0 Å². The third-order valence-corrected chi connectivity index (χ3v) is 3.55. The smallest absolute Gasteiger partial charge is 0.309 e. The number of ether oxygens (including phenoxy) is 1. The summed E-state index contributed by atoms with van der Waals surface area (Å²) in [6, 6.07) is 6.95. The Morgan fingerprint density at radius 2 is 2.25 bits per heavy atom. The Labute approximate surface area is 116 Å². The molecule has 104 valence electrons. The molecule has 0 saturated carbocycles. The Kier molecular flexibility index (Phi) is 3.14. The predicted octanol–water partition coefficient (Wildman–Crippen LogP) is 1.39. The molecule has 2 heterocycles. The lowest BCUT2D eigenvalue weighted by molar-refractivity contribution is -0.146. The second-order valence-corrected chi connectivity index (χ2v) is 4.80. The summed E-state index contributed by atoms with van der Waals surface area (Å²) in [6.07, 6.45) is 1.22. The highest BCUT2D eigenvalue weighted by Gasteiger charge is 2.28. The molecule has 0 radical (unpaired) electrons. The van der Waals surface area contributed by atoms with E-state index in [0.717, 1.165) is 5.82 Å². The van der Waals surface area contributed by atoms with Crippen LogP contribution >= 0.6 is 0 Å². The lowest BCUT2D eigenvalue weighted by Crippen LogP contribution is -2.27. The molecule has 0 amide bonds. The minimum atomic E-state index is -0.205. The zero-order valence-electron chi connectivity index (χ0n) is 11.1. The van der Waals surface area contributed by atoms with Crippen LogP contribution in [0.1, 0.15) is 12.2 Å². The quantitative estimate of drug-likeness (QED) is 0.837. The first-order valence-electron chi connectivity index (χ1n) is 6.49. The van der Waals surface area contributed by atoms with Crippen LogP contribution in [0.4, 0.5) is 0 Å². The highest BCUT2D eigenvalue weighted by atomic mass is 16.5. The number of aromatic nitrogens is 3. The van der Waals surface area contributed by atoms with E-state index in [0.29, 0.717) is 30.8 Å². The number of phenols is 1. The van der Waals surface area contributed by atoms with Gasteiger partial charge in [0, 0.05) is 13.0 Å². The molecular weight excluding hydrogens is 258 g/mol. The average Bonchev–Trinajstić information content (AvgIpc) is 2.89. The Bertz CT molecular complexity index is 651. The summed E-state index contributed by atoms with van der Waals surface area (Å²) in [4.78, 5) is 16.0. The number of carbonyl (C=O) groups is 1. The molecule has 1 aromatic heterocycles. The molecular formula is C14H15N3O3. The topological polar surface area (TPSA) is 77.2 Å². The van der Waals surface area contributed by atoms with E-state index < -0.39 is 0 Å². The number of benzene rings is 1. The Morgan fingerprint density at radius 3 is 3.00 bits per heavy atom. The van der Waals surface area contributed by atoms with Gasteiger partial charge in [0.2, 0.25) is 0 Å². The van der Waals surface area contributed by atoms with Crippen LogP contribution in [0.2, 0.25) is 0 Å². The molecule has 0 bridgehead atoms. The van der Waals surface area contributed by atoms with Crippen LogP contribution < -0.4 is 0 Å². The van der Waals surface area contributed by atoms with Gasteiger partial charge < -0.3 is 9.84 Å². The Hall–Kier alpha value is -2.37. The number of methoxy groups -OCH3 is 1. The third-order valence-electron chi connectivity index (χ3n) is 3.55. The molecule has 1 aliphatic rings. The Morgan fingerprint density at radius 1 is 1.45 bits per heavy atom. The number of para-hydroxylation sites is 1. The van der Waals surface area contributed by atoms with Crippen molar-refractivity contribution in [1.82, 2.24) is 14.8 Å². The number of rotatable bonds is 2. The van der Waals surface area contributed by atoms with Crippen molar-refractivity contribution in [3.63, 3.8) is 0 Å². The molecule has 1 aliphatic heterocycles. The summed E-state index contributed by atoms with van der Waals surface area (Å²) in [7, 11) is 1.40. The highest BCUT2D eigenvalue weighted by Crippen LogP contribution is 2.28. The van der Waals surface area contributed by atoms with Gasteiger partial charge in [0.15, 0.2) is 5.82 Å². The summed E-state index contributed by atoms with van der Waals surface area (Å²) >= 11 is 0. The van der Waals surface area contributed by atoms with Crippen molar-refractivity contribution in [2.45, 2.75) is 19.4 Å². The van der Waals surface area contributed by atoms with Crippen molar-refractivity contribution in [2.75, 3.05) is 7.11 Å². The second kappa shape index (κ2) is 4.96. The van der Waals surface area contributed by atoms with Crippen LogP contribution in [0, 0.1) is 5.92 Å². The number of aromatic hydroxyl groups is 1. The van der Waals surface area contributed by atoms with Crippen molar-refractivity contribution in [3.8, 4) is 17.1 Å². The minimum Gasteiger partial charge on any atom is -0.507 e. The summed E-state index contributed by atoms with van der Waals surface area (Å²) in [5.41, 5.74) is 0.601. The van der Waals surface area contributed by atoms with Gasteiger partial charge in [-0.1, -0.05) is 12.1 Å². The first-order chi connectivity index (χ1) is 9.69. The summed E-state index contributed by atoms with van der Waals surface area (Å²) in [5, 5.41) is 14.2. The fourth-order valence-electron chi connectivity index (χ4n) is 2.45. The largest absolute Gasteiger partial charge is 0.507 e. The van der Waals surface area contributed by atoms with Crippen LogP contribution in [0.15, 0.2) is 24.3 Å². The fourth-order valence-corrected chi connectivity index (χ4v) is 2.45. The van der Waals surface area contributed by atoms with Crippen LogP contribution in [0.3, 0.4) is 0 Å². The maximum absolute atomic E-state index is 11.6. The van der Waals surface area contributed by atoms with E-state index >= 15 is 0 Å². The van der Waals surface area contributed by atoms with Gasteiger partial charge >= 0.3 is 5.97 Å². The van der Waals surface area contributed by atoms with Crippen molar-refractivity contribution >= 4 is 5.97 Å². The minimum absolute atomic E-state index is 0.153. The number of esters is 1. The van der Waals surface area contributed by atoms with E-state index in [-0.39, 0.29) is 17.6 Å². The second-order valence-electron chi connectivity index (χ2n) is 4.80. The van der Waals surface area contributed by atoms with E-state index in [1.54, 1.807) is 22.9 Å². The van der Waals surface area contributed by atoms with Crippen LogP contribution in [-0.2, 0) is 22.5 Å². The number of fused-ring (bicyclic) bond motifs is 1. The molecule has 0 aliphatic carbocycles. The first-order valence-corrected chi connectivity index (χ1v) is 6.49. The van der Waals surface area contributed by atoms with Crippen molar-refractivity contribution < 1.29 is 14.6 Å². The van der Waals surface area contributed by atoms with Gasteiger partial charge in [-0.25, -0.2) is 9.67 Å². The maximum Gasteiger partial charge on any atom is 0.309 e. The van der Waals surface area contributed by atoms with E-state index in [9.17, 15) is 9.90 Å². The zero-order valence-corrected chi connectivity index (χ0v) is 11.1. The molecule has 3 rings (SSSR count). The van der Waals surface area contributed by atoms with E-state index in [1.807, 2.05) is 6.07 Å². The molecule has 20 heavy (non-hydrogen) atoms. The molecule has 1 unspecified atom stereocenters. The van der Waals surface area contributed by atoms with Gasteiger partial charge in [0.05, 0.1) is 18.6 Å². The Balaban J connectivity index is 1.91. The molecule has 1 N–H and O–H groups in total. The summed E-state index contributed by atoms with van der Waals surface area (Å²) in [5.74, 6) is 1.03. The third kappa shape index (κ3) is 2.13. The number of carbonyl (C=O) groups excluding carboxylic acids is 1. The van der Waals surface area contributed by atoms with Gasteiger partial charge in [0.1, 0.15) is 11.6 Å². The van der Waals surface area contributed by atoms with E-state index in [4.69, 9.17) is 4.74 Å². The number of phenolic OH excluding ortho intramolecular Hbond substituents is 1. The number of aryl methyl sites for hydroxylation is 1. The van der Waals surface area contributed by atoms with Gasteiger partial charge in [-0.05, 0) is 18.6 Å². The highest BCUT2D eigenvalue weighted by molar-refractivity contribution is 5.72. The van der Waals surface area contributed by atoms with E-state index in [1.165, 1.54) is 7.11 Å². The predicted molar refractivity (Wildman–Crippen MR) is 70.9 cm³/mol. The SMILES string of the molecule is COC(=O)C1CCn2nc(-c3ccccc3O)nc2C1. The molecule has 6 nitrogen and oxygen atoms in total. The lowest BCUT2D eigenvalue weighted by Gasteiger charge is -2.19. The molecule has 2 aromatic rings. The molecule has 1 aromatic carbocycles. The van der Waals surface area contributed by atoms with Gasteiger partial charge in [-0.15, -0.1) is 0 Å². The standard InChI is InChI=1S/C14H15N3O3/c1-20-14(19)9-6-7-17-12(8-9)15-13(16-17)10-4-2-3-5-11(10)18/h2-5,9,18H,6-8H2,1H3. The van der Waals surface area contributed by atoms with Crippen molar-refractivity contribution in [2.24, 2.45) is 5.92 Å². The number of nitrogens with zero attached hydrogens (tertiary/aromatic N) is 3. The maximum atomic E-state index is 11.6. The van der Waals surface area contributed by atoms with Crippen molar-refractivity contribution in [1.29, 1.82) is 0 Å². The van der Waals surface area contributed by atoms with Crippen LogP contribution in [0.25, 0.3) is 11.4 Å². The zero-order chi connectivity index (χ0) is 14.1. The summed E-state index contributed by atoms with van der Waals surface area (Å²) in [6.45, 7) is 0.635. The lowest BCUT2D eigenvalue weighted by atomic mass is 9.98. The van der Waals surface area contributed by atoms with Crippen LogP contribution in [-0.4, -0.2) is 33.0 Å². The van der Waals surface area contributed by atoms with Gasteiger partial charge in [-0.2, -0.15) is 5.10 Å². The van der Waals surface area contributed by atoms with E-state index in [2.05, 4.69) is 10.1 Å². The average molecular weight is 273 g/mol. The molecule has 0 fully saturated rings.